The molecule has 120 valence electrons. The van der Waals surface area contributed by atoms with Gasteiger partial charge in [-0.15, -0.1) is 12.4 Å². The highest BCUT2D eigenvalue weighted by Crippen LogP contribution is 2.39. The molecular weight excluding hydrogens is 304 g/mol. The van der Waals surface area contributed by atoms with E-state index in [9.17, 15) is 4.79 Å². The summed E-state index contributed by atoms with van der Waals surface area (Å²) in [6.45, 7) is 4.84. The van der Waals surface area contributed by atoms with Gasteiger partial charge in [-0.2, -0.15) is 0 Å². The topological polar surface area (TPSA) is 50.8 Å². The van der Waals surface area contributed by atoms with Crippen molar-refractivity contribution in [2.75, 3.05) is 39.4 Å². The number of halogens is 1. The number of rotatable bonds is 1. The van der Waals surface area contributed by atoms with Crippen LogP contribution in [0.2, 0.25) is 0 Å². The fraction of sp³-hybridized carbons (Fsp3) is 0.562. The van der Waals surface area contributed by atoms with E-state index in [1.54, 1.807) is 0 Å². The number of para-hydroxylation sites is 1. The van der Waals surface area contributed by atoms with Gasteiger partial charge in [0.15, 0.2) is 11.5 Å². The molecule has 4 rings (SSSR count). The number of hydrogen-bond donors (Lipinski definition) is 1. The Balaban J connectivity index is 0.00000144. The van der Waals surface area contributed by atoms with Gasteiger partial charge in [-0.1, -0.05) is 6.07 Å². The lowest BCUT2D eigenvalue weighted by molar-refractivity contribution is 0.0765. The van der Waals surface area contributed by atoms with Gasteiger partial charge in [0.2, 0.25) is 0 Å². The number of carbonyl (C=O) groups excluding carboxylic acids is 1. The second-order valence-corrected chi connectivity index (χ2v) is 6.23. The second kappa shape index (κ2) is 5.97. The third kappa shape index (κ3) is 2.52. The van der Waals surface area contributed by atoms with Gasteiger partial charge in [0, 0.05) is 25.0 Å². The molecule has 1 N–H and O–H groups in total. The van der Waals surface area contributed by atoms with E-state index in [4.69, 9.17) is 9.47 Å². The summed E-state index contributed by atoms with van der Waals surface area (Å²) < 4.78 is 11.2. The first kappa shape index (κ1) is 15.4. The van der Waals surface area contributed by atoms with Crippen molar-refractivity contribution in [2.24, 2.45) is 5.41 Å². The first-order chi connectivity index (χ1) is 10.3. The summed E-state index contributed by atoms with van der Waals surface area (Å²) in [6, 6.07) is 5.56. The van der Waals surface area contributed by atoms with E-state index in [1.807, 2.05) is 23.1 Å². The van der Waals surface area contributed by atoms with E-state index in [0.29, 0.717) is 35.7 Å². The third-order valence-corrected chi connectivity index (χ3v) is 4.85. The summed E-state index contributed by atoms with van der Waals surface area (Å²) in [5.74, 6) is 1.36. The minimum absolute atomic E-state index is 0. The van der Waals surface area contributed by atoms with E-state index < -0.39 is 0 Å². The highest BCUT2D eigenvalue weighted by atomic mass is 35.5. The van der Waals surface area contributed by atoms with Gasteiger partial charge in [-0.05, 0) is 31.5 Å². The molecular formula is C16H21ClN2O3. The van der Waals surface area contributed by atoms with Crippen LogP contribution in [-0.2, 0) is 0 Å². The Morgan fingerprint density at radius 3 is 2.91 bits per heavy atom. The van der Waals surface area contributed by atoms with Gasteiger partial charge in [-0.25, -0.2) is 0 Å². The summed E-state index contributed by atoms with van der Waals surface area (Å²) in [5.41, 5.74) is 0.928. The lowest BCUT2D eigenvalue weighted by Crippen LogP contribution is -2.33. The van der Waals surface area contributed by atoms with Gasteiger partial charge in [0.1, 0.15) is 13.2 Å². The van der Waals surface area contributed by atoms with Gasteiger partial charge in [0.25, 0.3) is 5.91 Å². The smallest absolute Gasteiger partial charge is 0.257 e. The van der Waals surface area contributed by atoms with Crippen LogP contribution in [-0.4, -0.2) is 50.2 Å². The molecule has 3 aliphatic rings. The molecule has 0 aliphatic carbocycles. The van der Waals surface area contributed by atoms with Crippen LogP contribution >= 0.6 is 12.4 Å². The van der Waals surface area contributed by atoms with Gasteiger partial charge in [0.05, 0.1) is 5.56 Å². The molecule has 6 heteroatoms. The number of amides is 1. The second-order valence-electron chi connectivity index (χ2n) is 6.23. The maximum atomic E-state index is 12.8. The monoisotopic (exact) mass is 324 g/mol. The van der Waals surface area contributed by atoms with Crippen LogP contribution in [0, 0.1) is 5.41 Å². The maximum absolute atomic E-state index is 12.8. The number of benzene rings is 1. The zero-order valence-corrected chi connectivity index (χ0v) is 13.3. The van der Waals surface area contributed by atoms with E-state index in [2.05, 4.69) is 5.32 Å². The molecule has 22 heavy (non-hydrogen) atoms. The molecule has 1 amide bonds. The molecule has 0 aromatic heterocycles. The SMILES string of the molecule is Cl.O=C(c1cccc2c1OCCO2)N1CCC2(CCNC2)C1. The standard InChI is InChI=1S/C16H20N2O3.ClH/c19-15(18-7-5-16(11-18)4-6-17-10-16)12-2-1-3-13-14(12)21-9-8-20-13;/h1-3,17H,4-11H2;1H. The summed E-state index contributed by atoms with van der Waals surface area (Å²) in [5, 5.41) is 3.42. The van der Waals surface area contributed by atoms with E-state index in [0.717, 1.165) is 32.6 Å². The molecule has 1 atom stereocenters. The molecule has 0 saturated carbocycles. The van der Waals surface area contributed by atoms with Crippen molar-refractivity contribution >= 4 is 18.3 Å². The quantitative estimate of drug-likeness (QED) is 0.854. The number of fused-ring (bicyclic) bond motifs is 1. The number of nitrogens with zero attached hydrogens (tertiary/aromatic N) is 1. The van der Waals surface area contributed by atoms with Gasteiger partial charge >= 0.3 is 0 Å². The highest BCUT2D eigenvalue weighted by Gasteiger charge is 2.42. The summed E-state index contributed by atoms with van der Waals surface area (Å²) in [7, 11) is 0. The van der Waals surface area contributed by atoms with Crippen molar-refractivity contribution in [2.45, 2.75) is 12.8 Å². The molecule has 1 aromatic rings. The predicted molar refractivity (Wildman–Crippen MR) is 85.1 cm³/mol. The van der Waals surface area contributed by atoms with E-state index >= 15 is 0 Å². The first-order valence-electron chi connectivity index (χ1n) is 7.66. The summed E-state index contributed by atoms with van der Waals surface area (Å²) in [4.78, 5) is 14.8. The minimum atomic E-state index is 0. The molecule has 1 spiro atoms. The molecule has 1 aromatic carbocycles. The minimum Gasteiger partial charge on any atom is -0.486 e. The Bertz CT molecular complexity index is 573. The molecule has 2 saturated heterocycles. The molecule has 3 aliphatic heterocycles. The number of hydrogen-bond acceptors (Lipinski definition) is 4. The molecule has 5 nitrogen and oxygen atoms in total. The average Bonchev–Trinajstić information content (AvgIpc) is 3.17. The Kier molecular flexibility index (Phi) is 4.19. The number of ether oxygens (including phenoxy) is 2. The van der Waals surface area contributed by atoms with Crippen molar-refractivity contribution in [3.8, 4) is 11.5 Å². The largest absolute Gasteiger partial charge is 0.486 e. The number of nitrogens with one attached hydrogen (secondary N) is 1. The summed E-state index contributed by atoms with van der Waals surface area (Å²) in [6.07, 6.45) is 2.27. The normalized spacial score (nSPS) is 26.1. The third-order valence-electron chi connectivity index (χ3n) is 4.85. The van der Waals surface area contributed by atoms with Crippen LogP contribution in [0.15, 0.2) is 18.2 Å². The highest BCUT2D eigenvalue weighted by molar-refractivity contribution is 5.98. The number of likely N-dealkylation sites (tertiary alicyclic amines) is 1. The van der Waals surface area contributed by atoms with E-state index in [1.165, 1.54) is 6.42 Å². The lowest BCUT2D eigenvalue weighted by atomic mass is 9.86. The van der Waals surface area contributed by atoms with Crippen molar-refractivity contribution in [1.29, 1.82) is 0 Å². The molecule has 3 heterocycles. The lowest BCUT2D eigenvalue weighted by Gasteiger charge is -2.25. The molecule has 0 bridgehead atoms. The van der Waals surface area contributed by atoms with Crippen LogP contribution in [0.3, 0.4) is 0 Å². The Labute approximate surface area is 136 Å². The van der Waals surface area contributed by atoms with Crippen molar-refractivity contribution in [3.05, 3.63) is 23.8 Å². The Morgan fingerprint density at radius 2 is 2.09 bits per heavy atom. The van der Waals surface area contributed by atoms with Crippen molar-refractivity contribution in [3.63, 3.8) is 0 Å². The molecule has 2 fully saturated rings. The predicted octanol–water partition coefficient (Wildman–Crippen LogP) is 1.71. The van der Waals surface area contributed by atoms with Crippen LogP contribution in [0.25, 0.3) is 0 Å². The fourth-order valence-corrected chi connectivity index (χ4v) is 3.66. The van der Waals surface area contributed by atoms with Crippen molar-refractivity contribution < 1.29 is 14.3 Å². The van der Waals surface area contributed by atoms with E-state index in [-0.39, 0.29) is 18.3 Å². The molecule has 0 radical (unpaired) electrons. The number of carbonyl (C=O) groups is 1. The Hall–Kier alpha value is -1.46. The van der Waals surface area contributed by atoms with Crippen LogP contribution < -0.4 is 14.8 Å². The van der Waals surface area contributed by atoms with Gasteiger partial charge in [-0.3, -0.25) is 4.79 Å². The van der Waals surface area contributed by atoms with Crippen LogP contribution in [0.1, 0.15) is 23.2 Å². The Morgan fingerprint density at radius 1 is 1.23 bits per heavy atom. The molecule has 1 unspecified atom stereocenters. The summed E-state index contributed by atoms with van der Waals surface area (Å²) >= 11 is 0. The van der Waals surface area contributed by atoms with Crippen LogP contribution in [0.4, 0.5) is 0 Å². The maximum Gasteiger partial charge on any atom is 0.257 e. The van der Waals surface area contributed by atoms with Crippen LogP contribution in [0.5, 0.6) is 11.5 Å². The fourth-order valence-electron chi connectivity index (χ4n) is 3.66. The zero-order chi connectivity index (χ0) is 14.3. The van der Waals surface area contributed by atoms with Crippen molar-refractivity contribution in [1.82, 2.24) is 10.2 Å². The average molecular weight is 325 g/mol. The first-order valence-corrected chi connectivity index (χ1v) is 7.66. The van der Waals surface area contributed by atoms with Gasteiger partial charge < -0.3 is 19.7 Å². The zero-order valence-electron chi connectivity index (χ0n) is 12.5.